The van der Waals surface area contributed by atoms with E-state index < -0.39 is 0 Å². The molecule has 84 valence electrons. The van der Waals surface area contributed by atoms with Crippen molar-refractivity contribution in [3.05, 3.63) is 0 Å². The summed E-state index contributed by atoms with van der Waals surface area (Å²) in [5.41, 5.74) is 6.15. The first kappa shape index (κ1) is 12.3. The number of hydrogen-bond donors (Lipinski definition) is 1. The van der Waals surface area contributed by atoms with E-state index in [1.807, 2.05) is 11.8 Å². The lowest BCUT2D eigenvalue weighted by Crippen LogP contribution is -2.38. The normalized spacial score (nSPS) is 26.1. The van der Waals surface area contributed by atoms with Crippen molar-refractivity contribution in [3.8, 4) is 0 Å². The van der Waals surface area contributed by atoms with Crippen molar-refractivity contribution in [2.45, 2.75) is 44.4 Å². The number of rotatable bonds is 3. The van der Waals surface area contributed by atoms with Crippen molar-refractivity contribution in [1.29, 1.82) is 0 Å². The van der Waals surface area contributed by atoms with Gasteiger partial charge < -0.3 is 10.5 Å². The van der Waals surface area contributed by atoms with Crippen LogP contribution in [0.5, 0.6) is 0 Å². The van der Waals surface area contributed by atoms with Crippen molar-refractivity contribution in [2.24, 2.45) is 11.7 Å². The summed E-state index contributed by atoms with van der Waals surface area (Å²) in [5, 5.41) is 0. The van der Waals surface area contributed by atoms with Gasteiger partial charge in [-0.15, -0.1) is 0 Å². The molecule has 0 aliphatic carbocycles. The molecule has 0 aromatic carbocycles. The summed E-state index contributed by atoms with van der Waals surface area (Å²) in [6.07, 6.45) is 2.42. The minimum Gasteiger partial charge on any atom is -0.381 e. The highest BCUT2D eigenvalue weighted by Crippen LogP contribution is 2.26. The van der Waals surface area contributed by atoms with E-state index >= 15 is 0 Å². The van der Waals surface area contributed by atoms with Crippen LogP contribution in [0.15, 0.2) is 0 Å². The van der Waals surface area contributed by atoms with Crippen molar-refractivity contribution in [3.63, 3.8) is 0 Å². The fourth-order valence-corrected chi connectivity index (χ4v) is 2.55. The Morgan fingerprint density at radius 2 is 2.21 bits per heavy atom. The fraction of sp³-hybridized carbons (Fsp3) is 1.00. The first-order chi connectivity index (χ1) is 6.49. The molecule has 0 bridgehead atoms. The van der Waals surface area contributed by atoms with Crippen molar-refractivity contribution >= 4 is 11.8 Å². The van der Waals surface area contributed by atoms with Gasteiger partial charge in [-0.05, 0) is 18.8 Å². The molecule has 0 saturated carbocycles. The molecule has 1 rings (SSSR count). The van der Waals surface area contributed by atoms with Gasteiger partial charge in [0, 0.05) is 23.1 Å². The SMILES string of the molecule is CC(C)(C)SCC(N)C1CCCOC1. The lowest BCUT2D eigenvalue weighted by atomic mass is 9.96. The first-order valence-electron chi connectivity index (χ1n) is 5.46. The van der Waals surface area contributed by atoms with E-state index in [-0.39, 0.29) is 0 Å². The Labute approximate surface area is 92.0 Å². The van der Waals surface area contributed by atoms with Crippen LogP contribution in [0.25, 0.3) is 0 Å². The second kappa shape index (κ2) is 5.38. The zero-order valence-corrected chi connectivity index (χ0v) is 10.4. The minimum atomic E-state index is 0.305. The summed E-state index contributed by atoms with van der Waals surface area (Å²) in [6.45, 7) is 8.51. The average Bonchev–Trinajstić information content (AvgIpc) is 2.14. The molecular weight excluding hydrogens is 194 g/mol. The first-order valence-corrected chi connectivity index (χ1v) is 6.45. The second-order valence-corrected chi connectivity index (χ2v) is 6.91. The van der Waals surface area contributed by atoms with Gasteiger partial charge in [0.15, 0.2) is 0 Å². The summed E-state index contributed by atoms with van der Waals surface area (Å²) < 4.78 is 5.77. The van der Waals surface area contributed by atoms with E-state index in [1.165, 1.54) is 12.8 Å². The van der Waals surface area contributed by atoms with Gasteiger partial charge in [0.2, 0.25) is 0 Å². The molecule has 0 amide bonds. The summed E-state index contributed by atoms with van der Waals surface area (Å²) >= 11 is 1.95. The molecule has 1 heterocycles. The van der Waals surface area contributed by atoms with Gasteiger partial charge in [-0.3, -0.25) is 0 Å². The number of thioether (sulfide) groups is 1. The summed E-state index contributed by atoms with van der Waals surface area (Å²) in [5.74, 6) is 1.64. The molecular formula is C11H23NOS. The molecule has 14 heavy (non-hydrogen) atoms. The second-order valence-electron chi connectivity index (χ2n) is 5.06. The van der Waals surface area contributed by atoms with E-state index in [0.717, 1.165) is 19.0 Å². The lowest BCUT2D eigenvalue weighted by Gasteiger charge is -2.29. The smallest absolute Gasteiger partial charge is 0.0509 e. The van der Waals surface area contributed by atoms with Crippen LogP contribution in [-0.4, -0.2) is 29.8 Å². The van der Waals surface area contributed by atoms with Gasteiger partial charge in [0.25, 0.3) is 0 Å². The molecule has 1 aliphatic heterocycles. The molecule has 2 unspecified atom stereocenters. The Morgan fingerprint density at radius 3 is 2.71 bits per heavy atom. The van der Waals surface area contributed by atoms with Gasteiger partial charge in [-0.1, -0.05) is 20.8 Å². The monoisotopic (exact) mass is 217 g/mol. The zero-order valence-electron chi connectivity index (χ0n) is 9.58. The highest BCUT2D eigenvalue weighted by atomic mass is 32.2. The third-order valence-corrected chi connectivity index (χ3v) is 3.93. The molecule has 0 radical (unpaired) electrons. The highest BCUT2D eigenvalue weighted by molar-refractivity contribution is 8.00. The van der Waals surface area contributed by atoms with E-state index in [2.05, 4.69) is 20.8 Å². The lowest BCUT2D eigenvalue weighted by molar-refractivity contribution is 0.0478. The summed E-state index contributed by atoms with van der Waals surface area (Å²) in [6, 6.07) is 0.305. The van der Waals surface area contributed by atoms with Crippen LogP contribution in [0, 0.1) is 5.92 Å². The molecule has 0 spiro atoms. The molecule has 1 fully saturated rings. The number of ether oxygens (including phenoxy) is 1. The van der Waals surface area contributed by atoms with Gasteiger partial charge >= 0.3 is 0 Å². The van der Waals surface area contributed by atoms with Crippen LogP contribution in [0.1, 0.15) is 33.6 Å². The van der Waals surface area contributed by atoms with E-state index in [4.69, 9.17) is 10.5 Å². The Bertz CT molecular complexity index is 161. The zero-order chi connectivity index (χ0) is 10.6. The molecule has 3 heteroatoms. The van der Waals surface area contributed by atoms with Gasteiger partial charge in [-0.25, -0.2) is 0 Å². The van der Waals surface area contributed by atoms with Crippen molar-refractivity contribution in [2.75, 3.05) is 19.0 Å². The molecule has 2 N–H and O–H groups in total. The molecule has 0 aromatic rings. The third-order valence-electron chi connectivity index (χ3n) is 2.51. The predicted octanol–water partition coefficient (Wildman–Crippen LogP) is 2.27. The van der Waals surface area contributed by atoms with E-state index in [0.29, 0.717) is 16.7 Å². The maximum Gasteiger partial charge on any atom is 0.0509 e. The fourth-order valence-electron chi connectivity index (χ4n) is 1.59. The number of nitrogens with two attached hydrogens (primary N) is 1. The quantitative estimate of drug-likeness (QED) is 0.787. The largest absolute Gasteiger partial charge is 0.381 e. The van der Waals surface area contributed by atoms with Crippen molar-refractivity contribution < 1.29 is 4.74 Å². The maximum absolute atomic E-state index is 6.15. The van der Waals surface area contributed by atoms with Crippen molar-refractivity contribution in [1.82, 2.24) is 0 Å². The topological polar surface area (TPSA) is 35.2 Å². The van der Waals surface area contributed by atoms with Crippen LogP contribution >= 0.6 is 11.8 Å². The van der Waals surface area contributed by atoms with Crippen LogP contribution < -0.4 is 5.73 Å². The predicted molar refractivity (Wildman–Crippen MR) is 63.7 cm³/mol. The average molecular weight is 217 g/mol. The van der Waals surface area contributed by atoms with E-state index in [9.17, 15) is 0 Å². The Morgan fingerprint density at radius 1 is 1.50 bits per heavy atom. The van der Waals surface area contributed by atoms with Gasteiger partial charge in [-0.2, -0.15) is 11.8 Å². The molecule has 2 nitrogen and oxygen atoms in total. The van der Waals surface area contributed by atoms with Crippen LogP contribution in [-0.2, 0) is 4.74 Å². The Balaban J connectivity index is 2.23. The standard InChI is InChI=1S/C11H23NOS/c1-11(2,3)14-8-10(12)9-5-4-6-13-7-9/h9-10H,4-8,12H2,1-3H3. The van der Waals surface area contributed by atoms with Crippen LogP contribution in [0.3, 0.4) is 0 Å². The third kappa shape index (κ3) is 4.67. The van der Waals surface area contributed by atoms with Crippen LogP contribution in [0.2, 0.25) is 0 Å². The van der Waals surface area contributed by atoms with E-state index in [1.54, 1.807) is 0 Å². The van der Waals surface area contributed by atoms with Gasteiger partial charge in [0.1, 0.15) is 0 Å². The highest BCUT2D eigenvalue weighted by Gasteiger charge is 2.22. The number of hydrogen-bond acceptors (Lipinski definition) is 3. The van der Waals surface area contributed by atoms with Crippen LogP contribution in [0.4, 0.5) is 0 Å². The molecule has 0 aromatic heterocycles. The summed E-state index contributed by atoms with van der Waals surface area (Å²) in [7, 11) is 0. The Hall–Kier alpha value is 0.270. The maximum atomic E-state index is 6.15. The molecule has 2 atom stereocenters. The molecule has 1 aliphatic rings. The minimum absolute atomic E-state index is 0.305. The van der Waals surface area contributed by atoms with Gasteiger partial charge in [0.05, 0.1) is 6.61 Å². The summed E-state index contributed by atoms with van der Waals surface area (Å²) in [4.78, 5) is 0. The molecule has 1 saturated heterocycles. The Kier molecular flexibility index (Phi) is 4.74.